The SMILES string of the molecule is COC[C@H](c1ccccc1)N(Cc1ccc2c(ccn2C(=O)N[C@H]2C[C@@H](C(=O)N[C@@H]3CCCc4ccccc43)N(C(=O)[C@@H](NC(=O)[C@H](C)N(C)C(=O)O)C(C)(C)C)C2)c1)C(=O)[C@@H]1Cc2ccccc2CN1. The van der Waals surface area contributed by atoms with Gasteiger partial charge >= 0.3 is 12.1 Å². The molecule has 5 aromatic rings. The number of carbonyl (C=O) groups excluding carboxylic acids is 5. The summed E-state index contributed by atoms with van der Waals surface area (Å²) in [6.45, 7) is 7.94. The Morgan fingerprint density at radius 1 is 0.887 bits per heavy atom. The van der Waals surface area contributed by atoms with E-state index in [0.717, 1.165) is 57.4 Å². The Morgan fingerprint density at radius 3 is 2.31 bits per heavy atom. The number of likely N-dealkylation sites (N-methyl/N-ethyl adjacent to an activating group) is 1. The van der Waals surface area contributed by atoms with Crippen molar-refractivity contribution >= 4 is 46.7 Å². The molecule has 16 nitrogen and oxygen atoms in total. The zero-order valence-electron chi connectivity index (χ0n) is 41.4. The summed E-state index contributed by atoms with van der Waals surface area (Å²) < 4.78 is 7.23. The summed E-state index contributed by atoms with van der Waals surface area (Å²) in [6, 6.07) is 28.2. The van der Waals surface area contributed by atoms with Crippen molar-refractivity contribution in [2.24, 2.45) is 5.41 Å². The molecule has 1 fully saturated rings. The standard InChI is InChI=1S/C55H66N8O8/c1-34(60(5)54(69)70)49(64)59-48(55(2,3)4)52(67)63-32-41(29-46(63)50(65)58-43-22-14-20-36-15-12-13-21-42(36)43)57-53(68)61-26-25-39-27-35(23-24-45(39)61)31-62(47(33-71-6)37-16-8-7-9-17-37)51(66)44-28-38-18-10-11-19-40(38)30-56-44/h7-13,15-19,21,23-27,34,41,43-44,46-48,56H,14,20,22,28-33H2,1-6H3,(H,57,68)(H,58,65)(H,59,64)(H,69,70)/t34-,41-,43+,44-,46-,47+,48+/m0/s1. The second-order valence-corrected chi connectivity index (χ2v) is 20.3. The van der Waals surface area contributed by atoms with Crippen LogP contribution >= 0.6 is 0 Å². The van der Waals surface area contributed by atoms with Crippen molar-refractivity contribution in [1.29, 1.82) is 0 Å². The Morgan fingerprint density at radius 2 is 1.59 bits per heavy atom. The molecule has 2 aliphatic heterocycles. The topological polar surface area (TPSA) is 195 Å². The van der Waals surface area contributed by atoms with Gasteiger partial charge in [0.2, 0.25) is 23.6 Å². The number of aryl methyl sites for hydroxylation is 1. The van der Waals surface area contributed by atoms with Crippen LogP contribution in [-0.2, 0) is 49.8 Å². The fourth-order valence-corrected chi connectivity index (χ4v) is 10.3. The number of benzene rings is 4. The van der Waals surface area contributed by atoms with Gasteiger partial charge in [0, 0.05) is 45.4 Å². The molecule has 6 amide bonds. The van der Waals surface area contributed by atoms with E-state index < -0.39 is 59.6 Å². The van der Waals surface area contributed by atoms with Gasteiger partial charge < -0.3 is 40.9 Å². The number of amides is 6. The number of nitrogens with one attached hydrogen (secondary N) is 4. The van der Waals surface area contributed by atoms with E-state index in [1.807, 2.05) is 89.8 Å². The molecule has 0 unspecified atom stereocenters. The number of likely N-dealkylation sites (tertiary alicyclic amines) is 1. The van der Waals surface area contributed by atoms with Gasteiger partial charge in [-0.2, -0.15) is 0 Å². The summed E-state index contributed by atoms with van der Waals surface area (Å²) in [5, 5.41) is 22.9. The van der Waals surface area contributed by atoms with E-state index in [2.05, 4.69) is 39.5 Å². The Bertz CT molecular complexity index is 2770. The van der Waals surface area contributed by atoms with Gasteiger partial charge in [-0.15, -0.1) is 0 Å². The second-order valence-electron chi connectivity index (χ2n) is 20.3. The van der Waals surface area contributed by atoms with E-state index >= 15 is 0 Å². The van der Waals surface area contributed by atoms with E-state index in [0.29, 0.717) is 18.5 Å². The molecule has 3 heterocycles. The number of carboxylic acid groups (broad SMARTS) is 1. The zero-order valence-corrected chi connectivity index (χ0v) is 41.4. The maximum absolute atomic E-state index is 14.8. The number of ether oxygens (including phenoxy) is 1. The van der Waals surface area contributed by atoms with E-state index in [9.17, 15) is 33.9 Å². The van der Waals surface area contributed by atoms with E-state index in [4.69, 9.17) is 4.74 Å². The van der Waals surface area contributed by atoms with Crippen LogP contribution in [0, 0.1) is 5.41 Å². The monoisotopic (exact) mass is 967 g/mol. The highest BCUT2D eigenvalue weighted by Gasteiger charge is 2.46. The van der Waals surface area contributed by atoms with E-state index in [-0.39, 0.29) is 50.0 Å². The lowest BCUT2D eigenvalue weighted by Crippen LogP contribution is -2.60. The molecule has 374 valence electrons. The van der Waals surface area contributed by atoms with Gasteiger partial charge in [0.15, 0.2) is 0 Å². The summed E-state index contributed by atoms with van der Waals surface area (Å²) in [5.41, 5.74) is 6.10. The third-order valence-electron chi connectivity index (χ3n) is 14.4. The van der Waals surface area contributed by atoms with Crippen LogP contribution in [-0.4, -0.2) is 118 Å². The van der Waals surface area contributed by atoms with Crippen LogP contribution in [0.25, 0.3) is 10.9 Å². The Balaban J connectivity index is 1.03. The lowest BCUT2D eigenvalue weighted by atomic mass is 9.85. The maximum Gasteiger partial charge on any atom is 0.407 e. The summed E-state index contributed by atoms with van der Waals surface area (Å²) >= 11 is 0. The predicted molar refractivity (Wildman–Crippen MR) is 269 cm³/mol. The minimum Gasteiger partial charge on any atom is -0.465 e. The Labute approximate surface area is 415 Å². The van der Waals surface area contributed by atoms with Crippen LogP contribution in [0.4, 0.5) is 9.59 Å². The molecule has 1 aliphatic carbocycles. The molecular weight excluding hydrogens is 901 g/mol. The number of methoxy groups -OCH3 is 1. The Kier molecular flexibility index (Phi) is 15.3. The van der Waals surface area contributed by atoms with Gasteiger partial charge in [0.1, 0.15) is 18.1 Å². The first kappa shape index (κ1) is 50.4. The smallest absolute Gasteiger partial charge is 0.407 e. The molecular formula is C55H66N8O8. The largest absolute Gasteiger partial charge is 0.465 e. The fourth-order valence-electron chi connectivity index (χ4n) is 10.3. The fraction of sp³-hybridized carbons (Fsp3) is 0.418. The van der Waals surface area contributed by atoms with E-state index in [1.54, 1.807) is 34.1 Å². The first-order valence-electron chi connectivity index (χ1n) is 24.5. The van der Waals surface area contributed by atoms with Crippen LogP contribution in [0.5, 0.6) is 0 Å². The van der Waals surface area contributed by atoms with Crippen LogP contribution in [0.15, 0.2) is 109 Å². The normalized spacial score (nSPS) is 19.9. The lowest BCUT2D eigenvalue weighted by Gasteiger charge is -2.37. The van der Waals surface area contributed by atoms with Crippen LogP contribution in [0.2, 0.25) is 0 Å². The summed E-state index contributed by atoms with van der Waals surface area (Å²) in [5.74, 6) is -1.59. The maximum atomic E-state index is 14.8. The highest BCUT2D eigenvalue weighted by atomic mass is 16.5. The average Bonchev–Trinajstić information content (AvgIpc) is 4.00. The van der Waals surface area contributed by atoms with Crippen LogP contribution < -0.4 is 21.3 Å². The predicted octanol–water partition coefficient (Wildman–Crippen LogP) is 6.32. The molecule has 4 aromatic carbocycles. The second kappa shape index (κ2) is 21.5. The molecule has 1 saturated heterocycles. The third kappa shape index (κ3) is 11.1. The average molecular weight is 967 g/mol. The molecule has 8 rings (SSSR count). The van der Waals surface area contributed by atoms with Crippen molar-refractivity contribution in [1.82, 2.24) is 40.5 Å². The molecule has 0 bridgehead atoms. The number of carbonyl (C=O) groups is 6. The van der Waals surface area contributed by atoms with Crippen molar-refractivity contribution in [3.63, 3.8) is 0 Å². The third-order valence-corrected chi connectivity index (χ3v) is 14.4. The number of hydrogen-bond acceptors (Lipinski definition) is 8. The van der Waals surface area contributed by atoms with Gasteiger partial charge in [-0.1, -0.05) is 106 Å². The van der Waals surface area contributed by atoms with Crippen molar-refractivity contribution in [3.8, 4) is 0 Å². The number of fused-ring (bicyclic) bond motifs is 3. The Hall–Kier alpha value is -7.04. The van der Waals surface area contributed by atoms with Gasteiger partial charge in [-0.25, -0.2) is 9.59 Å². The molecule has 16 heteroatoms. The van der Waals surface area contributed by atoms with Crippen molar-refractivity contribution in [3.05, 3.63) is 143 Å². The lowest BCUT2D eigenvalue weighted by molar-refractivity contribution is -0.144. The van der Waals surface area contributed by atoms with Gasteiger partial charge in [-0.3, -0.25) is 28.6 Å². The minimum absolute atomic E-state index is 0.0182. The minimum atomic E-state index is -1.30. The molecule has 0 saturated carbocycles. The highest BCUT2D eigenvalue weighted by molar-refractivity contribution is 5.96. The van der Waals surface area contributed by atoms with Crippen LogP contribution in [0.1, 0.15) is 92.4 Å². The number of hydrogen-bond donors (Lipinski definition) is 5. The van der Waals surface area contributed by atoms with Gasteiger partial charge in [-0.05, 0) is 96.0 Å². The first-order valence-corrected chi connectivity index (χ1v) is 24.5. The zero-order chi connectivity index (χ0) is 50.6. The van der Waals surface area contributed by atoms with Crippen molar-refractivity contribution in [2.45, 2.75) is 115 Å². The molecule has 0 spiro atoms. The highest BCUT2D eigenvalue weighted by Crippen LogP contribution is 2.33. The first-order chi connectivity index (χ1) is 34.0. The quantitative estimate of drug-likeness (QED) is 0.0847. The molecule has 71 heavy (non-hydrogen) atoms. The number of nitrogens with zero attached hydrogens (tertiary/aromatic N) is 4. The van der Waals surface area contributed by atoms with Crippen molar-refractivity contribution < 1.29 is 38.6 Å². The summed E-state index contributed by atoms with van der Waals surface area (Å²) in [6.07, 6.45) is 3.56. The summed E-state index contributed by atoms with van der Waals surface area (Å²) in [4.78, 5) is 87.6. The molecule has 3 aliphatic rings. The summed E-state index contributed by atoms with van der Waals surface area (Å²) in [7, 11) is 2.91. The van der Waals surface area contributed by atoms with Gasteiger partial charge in [0.25, 0.3) is 0 Å². The molecule has 5 N–H and O–H groups in total. The van der Waals surface area contributed by atoms with E-state index in [1.165, 1.54) is 29.0 Å². The van der Waals surface area contributed by atoms with Gasteiger partial charge in [0.05, 0.1) is 36.3 Å². The number of rotatable bonds is 14. The van der Waals surface area contributed by atoms with Crippen molar-refractivity contribution in [2.75, 3.05) is 27.3 Å². The van der Waals surface area contributed by atoms with Crippen LogP contribution in [0.3, 0.4) is 0 Å². The number of aromatic nitrogens is 1. The molecule has 7 atom stereocenters. The molecule has 1 aromatic heterocycles. The molecule has 0 radical (unpaired) electrons.